The predicted molar refractivity (Wildman–Crippen MR) is 235 cm³/mol. The number of para-hydroxylation sites is 3. The SMILES string of the molecule is C1=NC(n2c3ccccc3c3cc(-c4ccc5c(c4)c4ccccc4n5-c4ccccc4)ccc32)NC(c2cc(-c3ccccc3)cc(-c3ccccc3)c2)=C1. The van der Waals surface area contributed by atoms with Crippen LogP contribution in [-0.2, 0) is 0 Å². The molecule has 1 N–H and O–H groups in total. The van der Waals surface area contributed by atoms with Crippen LogP contribution in [0.15, 0.2) is 205 Å². The molecule has 11 rings (SSSR count). The Morgan fingerprint density at radius 3 is 1.52 bits per heavy atom. The summed E-state index contributed by atoms with van der Waals surface area (Å²) < 4.78 is 4.71. The summed E-state index contributed by atoms with van der Waals surface area (Å²) in [6.07, 6.45) is 3.71. The molecule has 0 spiro atoms. The minimum atomic E-state index is -0.329. The minimum absolute atomic E-state index is 0.329. The van der Waals surface area contributed by atoms with Gasteiger partial charge in [0.05, 0.1) is 22.1 Å². The first-order valence-electron chi connectivity index (χ1n) is 19.1. The number of hydrogen-bond donors (Lipinski definition) is 1. The molecule has 0 amide bonds. The number of aliphatic imine (C=N–C) groups is 1. The van der Waals surface area contributed by atoms with Crippen molar-refractivity contribution in [3.63, 3.8) is 0 Å². The van der Waals surface area contributed by atoms with E-state index in [0.29, 0.717) is 0 Å². The van der Waals surface area contributed by atoms with E-state index in [1.165, 1.54) is 66.0 Å². The van der Waals surface area contributed by atoms with Crippen LogP contribution in [0.4, 0.5) is 0 Å². The van der Waals surface area contributed by atoms with Crippen LogP contribution in [0.2, 0.25) is 0 Å². The number of benzene rings is 8. The van der Waals surface area contributed by atoms with Crippen LogP contribution in [-0.4, -0.2) is 15.3 Å². The largest absolute Gasteiger partial charge is 0.346 e. The van der Waals surface area contributed by atoms with E-state index in [1.54, 1.807) is 0 Å². The van der Waals surface area contributed by atoms with Gasteiger partial charge < -0.3 is 14.5 Å². The van der Waals surface area contributed by atoms with Crippen molar-refractivity contribution in [3.05, 3.63) is 206 Å². The lowest BCUT2D eigenvalue weighted by Gasteiger charge is -2.25. The highest BCUT2D eigenvalue weighted by Gasteiger charge is 2.22. The summed E-state index contributed by atoms with van der Waals surface area (Å²) in [7, 11) is 0. The average Bonchev–Trinajstić information content (AvgIpc) is 3.79. The molecule has 0 saturated heterocycles. The molecule has 3 heterocycles. The van der Waals surface area contributed by atoms with Gasteiger partial charge in [-0.1, -0.05) is 127 Å². The van der Waals surface area contributed by atoms with Crippen LogP contribution in [0, 0.1) is 0 Å². The van der Waals surface area contributed by atoms with Crippen LogP contribution < -0.4 is 5.32 Å². The Labute approximate surface area is 324 Å². The Kier molecular flexibility index (Phi) is 7.52. The van der Waals surface area contributed by atoms with Crippen molar-refractivity contribution in [1.29, 1.82) is 0 Å². The topological polar surface area (TPSA) is 34.2 Å². The van der Waals surface area contributed by atoms with E-state index in [-0.39, 0.29) is 6.29 Å². The summed E-state index contributed by atoms with van der Waals surface area (Å²) in [5.41, 5.74) is 15.1. The van der Waals surface area contributed by atoms with Gasteiger partial charge in [-0.2, -0.15) is 0 Å². The normalized spacial score (nSPS) is 14.1. The molecule has 4 nitrogen and oxygen atoms in total. The number of allylic oxidation sites excluding steroid dienone is 1. The van der Waals surface area contributed by atoms with E-state index < -0.39 is 0 Å². The lowest BCUT2D eigenvalue weighted by atomic mass is 9.95. The molecule has 0 aliphatic carbocycles. The molecule has 4 heteroatoms. The van der Waals surface area contributed by atoms with Gasteiger partial charge in [0, 0.05) is 39.1 Å². The Morgan fingerprint density at radius 1 is 0.375 bits per heavy atom. The van der Waals surface area contributed by atoms with E-state index in [2.05, 4.69) is 215 Å². The fraction of sp³-hybridized carbons (Fsp3) is 0.0192. The molecule has 0 saturated carbocycles. The molecule has 0 fully saturated rings. The van der Waals surface area contributed by atoms with Crippen LogP contribution in [0.5, 0.6) is 0 Å². The average molecular weight is 717 g/mol. The predicted octanol–water partition coefficient (Wildman–Crippen LogP) is 13.1. The van der Waals surface area contributed by atoms with E-state index in [1.807, 2.05) is 6.21 Å². The van der Waals surface area contributed by atoms with E-state index in [0.717, 1.165) is 28.0 Å². The molecular weight excluding hydrogens is 681 g/mol. The third-order valence-electron chi connectivity index (χ3n) is 11.2. The van der Waals surface area contributed by atoms with Gasteiger partial charge in [0.25, 0.3) is 0 Å². The fourth-order valence-corrected chi connectivity index (χ4v) is 8.57. The van der Waals surface area contributed by atoms with Crippen LogP contribution >= 0.6 is 0 Å². The maximum absolute atomic E-state index is 5.03. The van der Waals surface area contributed by atoms with Crippen molar-refractivity contribution in [2.24, 2.45) is 4.99 Å². The van der Waals surface area contributed by atoms with Gasteiger partial charge in [-0.05, 0) is 112 Å². The quantitative estimate of drug-likeness (QED) is 0.183. The monoisotopic (exact) mass is 716 g/mol. The summed E-state index contributed by atoms with van der Waals surface area (Å²) in [6.45, 7) is 0. The zero-order valence-electron chi connectivity index (χ0n) is 30.5. The van der Waals surface area contributed by atoms with Crippen molar-refractivity contribution in [2.45, 2.75) is 6.29 Å². The third-order valence-corrected chi connectivity index (χ3v) is 11.2. The van der Waals surface area contributed by atoms with E-state index in [9.17, 15) is 0 Å². The van der Waals surface area contributed by atoms with Gasteiger partial charge in [0.15, 0.2) is 0 Å². The second-order valence-corrected chi connectivity index (χ2v) is 14.5. The summed E-state index contributed by atoms with van der Waals surface area (Å²) in [4.78, 5) is 5.03. The third kappa shape index (κ3) is 5.34. The number of fused-ring (bicyclic) bond motifs is 6. The lowest BCUT2D eigenvalue weighted by molar-refractivity contribution is 0.510. The van der Waals surface area contributed by atoms with Crippen LogP contribution in [0.25, 0.3) is 88.4 Å². The van der Waals surface area contributed by atoms with Crippen molar-refractivity contribution in [2.75, 3.05) is 0 Å². The first kappa shape index (κ1) is 32.0. The molecule has 1 aliphatic rings. The van der Waals surface area contributed by atoms with Crippen molar-refractivity contribution in [1.82, 2.24) is 14.5 Å². The fourth-order valence-electron chi connectivity index (χ4n) is 8.57. The second-order valence-electron chi connectivity index (χ2n) is 14.5. The highest BCUT2D eigenvalue weighted by atomic mass is 15.3. The van der Waals surface area contributed by atoms with Crippen LogP contribution in [0.1, 0.15) is 11.9 Å². The minimum Gasteiger partial charge on any atom is -0.346 e. The van der Waals surface area contributed by atoms with Crippen molar-refractivity contribution in [3.8, 4) is 39.1 Å². The Balaban J connectivity index is 0.999. The lowest BCUT2D eigenvalue weighted by Crippen LogP contribution is -2.26. The summed E-state index contributed by atoms with van der Waals surface area (Å²) in [5.74, 6) is 0. The van der Waals surface area contributed by atoms with Gasteiger partial charge in [-0.3, -0.25) is 0 Å². The second kappa shape index (κ2) is 13.2. The Bertz CT molecular complexity index is 3090. The summed E-state index contributed by atoms with van der Waals surface area (Å²) in [6, 6.07) is 69.9. The van der Waals surface area contributed by atoms with Crippen molar-refractivity contribution < 1.29 is 0 Å². The van der Waals surface area contributed by atoms with Gasteiger partial charge in [0.2, 0.25) is 6.29 Å². The maximum atomic E-state index is 5.03. The molecule has 264 valence electrons. The highest BCUT2D eigenvalue weighted by Crippen LogP contribution is 2.39. The zero-order chi connectivity index (χ0) is 37.0. The number of aromatic nitrogens is 2. The molecule has 10 aromatic rings. The Morgan fingerprint density at radius 2 is 0.857 bits per heavy atom. The maximum Gasteiger partial charge on any atom is 0.200 e. The smallest absolute Gasteiger partial charge is 0.200 e. The van der Waals surface area contributed by atoms with Crippen LogP contribution in [0.3, 0.4) is 0 Å². The molecule has 56 heavy (non-hydrogen) atoms. The van der Waals surface area contributed by atoms with Gasteiger partial charge in [0.1, 0.15) is 0 Å². The first-order valence-corrected chi connectivity index (χ1v) is 19.1. The highest BCUT2D eigenvalue weighted by molar-refractivity contribution is 6.12. The number of nitrogens with one attached hydrogen (secondary N) is 1. The van der Waals surface area contributed by atoms with E-state index in [4.69, 9.17) is 4.99 Å². The summed E-state index contributed by atoms with van der Waals surface area (Å²) in [5, 5.41) is 8.74. The zero-order valence-corrected chi connectivity index (χ0v) is 30.5. The van der Waals surface area contributed by atoms with Gasteiger partial charge >= 0.3 is 0 Å². The first-order chi connectivity index (χ1) is 27.8. The molecule has 0 radical (unpaired) electrons. The molecule has 0 bridgehead atoms. The Hall–Kier alpha value is -7.43. The molecule has 2 aromatic heterocycles. The van der Waals surface area contributed by atoms with Gasteiger partial charge in [-0.15, -0.1) is 0 Å². The molecule has 8 aromatic carbocycles. The summed E-state index contributed by atoms with van der Waals surface area (Å²) >= 11 is 0. The number of nitrogens with zero attached hydrogens (tertiary/aromatic N) is 3. The number of rotatable bonds is 6. The molecule has 1 atom stereocenters. The molecular formula is C52H36N4. The molecule has 1 unspecified atom stereocenters. The van der Waals surface area contributed by atoms with Crippen molar-refractivity contribution >= 4 is 55.5 Å². The van der Waals surface area contributed by atoms with Gasteiger partial charge in [-0.25, -0.2) is 4.99 Å². The van der Waals surface area contributed by atoms with E-state index >= 15 is 0 Å². The standard InChI is InChI=1S/C52H36N4/c1-4-14-35(15-5-1)39-30-40(36-16-6-2-7-17-36)32-41(31-39)47-28-29-53-52(54-47)56-49-23-13-11-21-44(49)46-34-38(25-27-51(46)56)37-24-26-50-45(33-37)43-20-10-12-22-48(43)55(50)42-18-8-3-9-19-42/h1-34,52,54H. The number of hydrogen-bond acceptors (Lipinski definition) is 2. The molecule has 1 aliphatic heterocycles.